The van der Waals surface area contributed by atoms with Gasteiger partial charge in [0, 0.05) is 11.1 Å². The summed E-state index contributed by atoms with van der Waals surface area (Å²) in [6.45, 7) is 0. The van der Waals surface area contributed by atoms with Crippen molar-refractivity contribution < 1.29 is 0 Å². The largest absolute Gasteiger partial charge is 0.325 e. The molecule has 2 heteroatoms. The maximum Gasteiger partial charge on any atom is 0.0165 e. The second kappa shape index (κ2) is 2.86. The molecular formula is C19H28N2. The van der Waals surface area contributed by atoms with Crippen molar-refractivity contribution in [3.63, 3.8) is 0 Å². The van der Waals surface area contributed by atoms with Crippen molar-refractivity contribution in [3.8, 4) is 0 Å². The highest BCUT2D eigenvalue weighted by Gasteiger charge is 2.79. The van der Waals surface area contributed by atoms with Crippen LogP contribution in [0.1, 0.15) is 51.4 Å². The molecule has 10 saturated carbocycles. The van der Waals surface area contributed by atoms with Crippen molar-refractivity contribution in [2.45, 2.75) is 62.4 Å². The Bertz CT molecular complexity index is 536. The summed E-state index contributed by atoms with van der Waals surface area (Å²) in [5.41, 5.74) is 15.0. The van der Waals surface area contributed by atoms with Crippen LogP contribution in [-0.4, -0.2) is 11.1 Å². The van der Waals surface area contributed by atoms with Gasteiger partial charge in [-0.15, -0.1) is 0 Å². The fourth-order valence-corrected chi connectivity index (χ4v) is 10.6. The topological polar surface area (TPSA) is 52.0 Å². The Morgan fingerprint density at radius 1 is 0.619 bits per heavy atom. The van der Waals surface area contributed by atoms with Crippen LogP contribution in [0.2, 0.25) is 0 Å². The molecule has 0 radical (unpaired) electrons. The number of fused-ring (bicyclic) bond motifs is 1. The van der Waals surface area contributed by atoms with Crippen molar-refractivity contribution in [1.82, 2.24) is 0 Å². The molecule has 10 aliphatic rings. The van der Waals surface area contributed by atoms with Gasteiger partial charge in [0.2, 0.25) is 0 Å². The molecule has 0 aromatic heterocycles. The lowest BCUT2D eigenvalue weighted by molar-refractivity contribution is -0.311. The molecule has 21 heavy (non-hydrogen) atoms. The highest BCUT2D eigenvalue weighted by molar-refractivity contribution is 5.29. The van der Waals surface area contributed by atoms with Gasteiger partial charge in [-0.2, -0.15) is 0 Å². The number of hydrogen-bond acceptors (Lipinski definition) is 2. The first-order valence-corrected chi connectivity index (χ1v) is 9.60. The molecule has 0 heterocycles. The Labute approximate surface area is 127 Å². The van der Waals surface area contributed by atoms with Gasteiger partial charge in [0.25, 0.3) is 0 Å². The van der Waals surface area contributed by atoms with Crippen LogP contribution in [-0.2, 0) is 0 Å². The SMILES string of the molecule is NC12CCC34CC5(N)CC6C7CC(C(C1)C63)C(C2)C4C7C5. The normalized spacial score (nSPS) is 78.0. The minimum atomic E-state index is 0.214. The molecule has 2 nitrogen and oxygen atoms in total. The Morgan fingerprint density at radius 2 is 1.14 bits per heavy atom. The lowest BCUT2D eigenvalue weighted by Gasteiger charge is -2.80. The molecule has 10 fully saturated rings. The number of hydrogen-bond donors (Lipinski definition) is 2. The maximum atomic E-state index is 6.95. The Morgan fingerprint density at radius 3 is 1.71 bits per heavy atom. The van der Waals surface area contributed by atoms with E-state index in [1.165, 1.54) is 44.9 Å². The molecule has 0 amide bonds. The molecule has 1 spiro atoms. The molecular weight excluding hydrogens is 256 g/mol. The first-order valence-electron chi connectivity index (χ1n) is 9.60. The standard InChI is InChI=1S/C19H28N2/c20-17-1-2-19-8-18(21)6-13-10-3-9(11(4-17)15(13)19)12(5-17)16(19)14(10)7-18/h9-16H,1-8,20-21H2. The van der Waals surface area contributed by atoms with Gasteiger partial charge in [0.05, 0.1) is 0 Å². The lowest BCUT2D eigenvalue weighted by Crippen LogP contribution is -2.78. The summed E-state index contributed by atoms with van der Waals surface area (Å²) in [6, 6.07) is 0. The molecule has 4 N–H and O–H groups in total. The number of rotatable bonds is 0. The zero-order chi connectivity index (χ0) is 13.8. The summed E-state index contributed by atoms with van der Waals surface area (Å²) in [7, 11) is 0. The van der Waals surface area contributed by atoms with Crippen LogP contribution in [0, 0.1) is 52.8 Å². The second-order valence-electron chi connectivity index (χ2n) is 10.7. The molecule has 10 aliphatic carbocycles. The van der Waals surface area contributed by atoms with Crippen LogP contribution in [0.25, 0.3) is 0 Å². The fourth-order valence-electron chi connectivity index (χ4n) is 10.6. The molecule has 6 unspecified atom stereocenters. The van der Waals surface area contributed by atoms with Gasteiger partial charge in [-0.1, -0.05) is 0 Å². The van der Waals surface area contributed by atoms with E-state index in [1.54, 1.807) is 6.42 Å². The minimum absolute atomic E-state index is 0.214. The van der Waals surface area contributed by atoms with E-state index < -0.39 is 0 Å². The highest BCUT2D eigenvalue weighted by atomic mass is 14.9. The quantitative estimate of drug-likeness (QED) is 0.718. The van der Waals surface area contributed by atoms with Crippen molar-refractivity contribution >= 4 is 0 Å². The summed E-state index contributed by atoms with van der Waals surface area (Å²) in [5, 5.41) is 0. The van der Waals surface area contributed by atoms with E-state index in [1.807, 2.05) is 0 Å². The number of nitrogens with two attached hydrogens (primary N) is 2. The third-order valence-electron chi connectivity index (χ3n) is 10.3. The zero-order valence-corrected chi connectivity index (χ0v) is 12.9. The molecule has 114 valence electrons. The van der Waals surface area contributed by atoms with Crippen molar-refractivity contribution in [3.05, 3.63) is 0 Å². The van der Waals surface area contributed by atoms with E-state index in [4.69, 9.17) is 11.5 Å². The monoisotopic (exact) mass is 284 g/mol. The maximum absolute atomic E-state index is 6.95. The molecule has 10 rings (SSSR count). The lowest BCUT2D eigenvalue weighted by atomic mass is 9.25. The first-order chi connectivity index (χ1) is 10.0. The van der Waals surface area contributed by atoms with Gasteiger partial charge >= 0.3 is 0 Å². The predicted molar refractivity (Wildman–Crippen MR) is 81.1 cm³/mol. The van der Waals surface area contributed by atoms with Crippen molar-refractivity contribution in [2.24, 2.45) is 64.2 Å². The van der Waals surface area contributed by atoms with Gasteiger partial charge < -0.3 is 11.5 Å². The van der Waals surface area contributed by atoms with E-state index in [-0.39, 0.29) is 11.1 Å². The molecule has 0 aliphatic heterocycles. The van der Waals surface area contributed by atoms with Gasteiger partial charge in [-0.05, 0) is 104 Å². The Balaban J connectivity index is 1.54. The van der Waals surface area contributed by atoms with Crippen LogP contribution < -0.4 is 11.5 Å². The Hall–Kier alpha value is -0.0800. The molecule has 0 saturated heterocycles. The third kappa shape index (κ3) is 0.977. The average molecular weight is 284 g/mol. The van der Waals surface area contributed by atoms with Gasteiger partial charge in [0.1, 0.15) is 0 Å². The summed E-state index contributed by atoms with van der Waals surface area (Å²) in [4.78, 5) is 0. The smallest absolute Gasteiger partial charge is 0.0165 e. The fraction of sp³-hybridized carbons (Fsp3) is 1.00. The highest BCUT2D eigenvalue weighted by Crippen LogP contribution is 2.83. The van der Waals surface area contributed by atoms with Gasteiger partial charge in [0.15, 0.2) is 0 Å². The summed E-state index contributed by atoms with van der Waals surface area (Å²) in [6.07, 6.45) is 11.2. The van der Waals surface area contributed by atoms with Crippen LogP contribution in [0.15, 0.2) is 0 Å². The van der Waals surface area contributed by atoms with E-state index in [0.717, 1.165) is 47.3 Å². The third-order valence-corrected chi connectivity index (χ3v) is 10.3. The summed E-state index contributed by atoms with van der Waals surface area (Å²) in [5.74, 6) is 8.23. The van der Waals surface area contributed by atoms with Gasteiger partial charge in [-0.3, -0.25) is 0 Å². The average Bonchev–Trinajstić information content (AvgIpc) is 2.58. The van der Waals surface area contributed by atoms with Crippen molar-refractivity contribution in [2.75, 3.05) is 0 Å². The predicted octanol–water partition coefficient (Wildman–Crippen LogP) is 2.51. The molecule has 0 aromatic rings. The first kappa shape index (κ1) is 11.5. The molecule has 11 bridgehead atoms. The summed E-state index contributed by atoms with van der Waals surface area (Å²) < 4.78 is 0. The minimum Gasteiger partial charge on any atom is -0.325 e. The molecule has 0 aromatic carbocycles. The van der Waals surface area contributed by atoms with E-state index in [2.05, 4.69) is 0 Å². The van der Waals surface area contributed by atoms with Crippen LogP contribution in [0.4, 0.5) is 0 Å². The Kier molecular flexibility index (Phi) is 1.56. The van der Waals surface area contributed by atoms with E-state index >= 15 is 0 Å². The molecule has 6 atom stereocenters. The van der Waals surface area contributed by atoms with Crippen LogP contribution in [0.3, 0.4) is 0 Å². The zero-order valence-electron chi connectivity index (χ0n) is 12.9. The van der Waals surface area contributed by atoms with Gasteiger partial charge in [-0.25, -0.2) is 0 Å². The van der Waals surface area contributed by atoms with E-state index in [0.29, 0.717) is 5.41 Å². The summed E-state index contributed by atoms with van der Waals surface area (Å²) >= 11 is 0. The van der Waals surface area contributed by atoms with Crippen molar-refractivity contribution in [1.29, 1.82) is 0 Å². The van der Waals surface area contributed by atoms with E-state index in [9.17, 15) is 0 Å². The second-order valence-corrected chi connectivity index (χ2v) is 10.7. The van der Waals surface area contributed by atoms with Crippen LogP contribution >= 0.6 is 0 Å². The van der Waals surface area contributed by atoms with Crippen LogP contribution in [0.5, 0.6) is 0 Å².